The first-order chi connectivity index (χ1) is 12.6. The molecular weight excluding hydrogens is 340 g/mol. The lowest BCUT2D eigenvalue weighted by Crippen LogP contribution is -2.30. The summed E-state index contributed by atoms with van der Waals surface area (Å²) in [5.74, 6) is -0.536. The summed E-state index contributed by atoms with van der Waals surface area (Å²) < 4.78 is 36.1. The Bertz CT molecular complexity index is 1170. The first kappa shape index (κ1) is 15.0. The second kappa shape index (κ2) is 5.35. The molecule has 0 N–H and O–H groups in total. The number of rotatable bonds is 1. The summed E-state index contributed by atoms with van der Waals surface area (Å²) in [4.78, 5) is 6.31. The zero-order valence-electron chi connectivity index (χ0n) is 13.8. The van der Waals surface area contributed by atoms with Crippen LogP contribution in [-0.2, 0) is 0 Å². The van der Waals surface area contributed by atoms with E-state index in [1.807, 2.05) is 30.0 Å². The molecule has 8 heteroatoms. The number of anilines is 2. The van der Waals surface area contributed by atoms with Crippen molar-refractivity contribution in [2.45, 2.75) is 6.92 Å². The molecule has 0 saturated carbocycles. The van der Waals surface area contributed by atoms with Gasteiger partial charge in [0.25, 0.3) is 5.78 Å². The highest BCUT2D eigenvalue weighted by Crippen LogP contribution is 2.41. The predicted octanol–water partition coefficient (Wildman–Crippen LogP) is 3.39. The Morgan fingerprint density at radius 1 is 1.15 bits per heavy atom. The Labute approximate surface area is 146 Å². The molecule has 1 aliphatic heterocycles. The van der Waals surface area contributed by atoms with Crippen molar-refractivity contribution in [2.75, 3.05) is 18.1 Å². The van der Waals surface area contributed by atoms with Crippen LogP contribution in [0, 0.1) is 18.6 Å². The van der Waals surface area contributed by atoms with Crippen LogP contribution in [0.5, 0.6) is 5.75 Å². The highest BCUT2D eigenvalue weighted by Gasteiger charge is 2.26. The van der Waals surface area contributed by atoms with E-state index in [2.05, 4.69) is 15.2 Å². The summed E-state index contributed by atoms with van der Waals surface area (Å²) in [6, 6.07) is 8.31. The Balaban J connectivity index is 1.88. The van der Waals surface area contributed by atoms with Crippen LogP contribution in [0.3, 0.4) is 0 Å². The van der Waals surface area contributed by atoms with Crippen LogP contribution < -0.4 is 9.64 Å². The molecule has 6 nitrogen and oxygen atoms in total. The number of aryl methyl sites for hydroxylation is 1. The van der Waals surface area contributed by atoms with Gasteiger partial charge in [-0.3, -0.25) is 4.40 Å². The second-order valence-electron chi connectivity index (χ2n) is 6.12. The molecule has 0 spiro atoms. The van der Waals surface area contributed by atoms with Crippen molar-refractivity contribution in [2.24, 2.45) is 0 Å². The van der Waals surface area contributed by atoms with Gasteiger partial charge in [0.15, 0.2) is 11.6 Å². The number of halogens is 2. The molecule has 0 aliphatic carbocycles. The lowest BCUT2D eigenvalue weighted by atomic mass is 10.1. The lowest BCUT2D eigenvalue weighted by molar-refractivity contribution is 0.311. The van der Waals surface area contributed by atoms with E-state index in [0.29, 0.717) is 36.0 Å². The summed E-state index contributed by atoms with van der Waals surface area (Å²) in [6.07, 6.45) is 1.43. The van der Waals surface area contributed by atoms with Gasteiger partial charge in [0.05, 0.1) is 23.1 Å². The average Bonchev–Trinajstić information content (AvgIpc) is 3.12. The van der Waals surface area contributed by atoms with Crippen molar-refractivity contribution in [3.05, 3.63) is 53.9 Å². The summed E-state index contributed by atoms with van der Waals surface area (Å²) in [5.41, 5.74) is 2.18. The summed E-state index contributed by atoms with van der Waals surface area (Å²) >= 11 is 0. The molecule has 0 atom stereocenters. The fourth-order valence-electron chi connectivity index (χ4n) is 3.39. The molecule has 0 radical (unpaired) electrons. The lowest BCUT2D eigenvalue weighted by Gasteiger charge is -2.32. The number of hydrogen-bond donors (Lipinski definition) is 0. The Kier molecular flexibility index (Phi) is 3.09. The molecule has 3 heterocycles. The zero-order valence-corrected chi connectivity index (χ0v) is 13.8. The first-order valence-corrected chi connectivity index (χ1v) is 8.12. The second-order valence-corrected chi connectivity index (χ2v) is 6.12. The Morgan fingerprint density at radius 3 is 2.92 bits per heavy atom. The smallest absolute Gasteiger partial charge is 0.257 e. The minimum atomic E-state index is -0.943. The number of aromatic nitrogens is 4. The number of hydrogen-bond acceptors (Lipinski definition) is 5. The molecule has 0 amide bonds. The van der Waals surface area contributed by atoms with Gasteiger partial charge in [-0.1, -0.05) is 12.1 Å². The fraction of sp³-hybridized carbons (Fsp3) is 0.167. The quantitative estimate of drug-likeness (QED) is 0.525. The van der Waals surface area contributed by atoms with Gasteiger partial charge >= 0.3 is 0 Å². The van der Waals surface area contributed by atoms with E-state index in [0.717, 1.165) is 17.3 Å². The third-order valence-corrected chi connectivity index (χ3v) is 4.59. The highest BCUT2D eigenvalue weighted by atomic mass is 19.2. The van der Waals surface area contributed by atoms with E-state index in [-0.39, 0.29) is 5.39 Å². The minimum Gasteiger partial charge on any atom is -0.489 e. The molecular formula is C18H13F2N5O. The van der Waals surface area contributed by atoms with E-state index in [9.17, 15) is 8.78 Å². The SMILES string of the molecule is Cc1cccc2c1OCCN2c1nc2nncn2c2ccc(F)c(F)c12. The molecule has 130 valence electrons. The molecule has 2 aromatic carbocycles. The number of benzene rings is 2. The fourth-order valence-corrected chi connectivity index (χ4v) is 3.39. The molecule has 2 aromatic heterocycles. The van der Waals surface area contributed by atoms with Gasteiger partial charge in [-0.2, -0.15) is 4.98 Å². The zero-order chi connectivity index (χ0) is 17.8. The van der Waals surface area contributed by atoms with Gasteiger partial charge in [-0.05, 0) is 30.7 Å². The highest BCUT2D eigenvalue weighted by molar-refractivity contribution is 5.94. The number of fused-ring (bicyclic) bond motifs is 4. The number of nitrogens with zero attached hydrogens (tertiary/aromatic N) is 5. The Hall–Kier alpha value is -3.29. The Morgan fingerprint density at radius 2 is 2.04 bits per heavy atom. The van der Waals surface area contributed by atoms with Crippen LogP contribution in [-0.4, -0.2) is 32.7 Å². The molecule has 5 rings (SSSR count). The predicted molar refractivity (Wildman–Crippen MR) is 91.9 cm³/mol. The van der Waals surface area contributed by atoms with Crippen molar-refractivity contribution in [3.63, 3.8) is 0 Å². The van der Waals surface area contributed by atoms with Gasteiger partial charge in [0.2, 0.25) is 0 Å². The van der Waals surface area contributed by atoms with Crippen LogP contribution in [0.25, 0.3) is 16.7 Å². The average molecular weight is 353 g/mol. The third-order valence-electron chi connectivity index (χ3n) is 4.59. The van der Waals surface area contributed by atoms with Crippen LogP contribution in [0.1, 0.15) is 5.56 Å². The van der Waals surface area contributed by atoms with Crippen molar-refractivity contribution in [1.29, 1.82) is 0 Å². The standard InChI is InChI=1S/C18H13F2N5O/c1-10-3-2-4-13-16(10)26-8-7-24(13)17-14-12(6-5-11(19)15(14)20)25-9-21-23-18(25)22-17/h2-6,9H,7-8H2,1H3. The van der Waals surface area contributed by atoms with E-state index in [1.165, 1.54) is 12.4 Å². The van der Waals surface area contributed by atoms with Gasteiger partial charge in [0, 0.05) is 0 Å². The molecule has 0 fully saturated rings. The van der Waals surface area contributed by atoms with Gasteiger partial charge < -0.3 is 9.64 Å². The maximum Gasteiger partial charge on any atom is 0.257 e. The van der Waals surface area contributed by atoms with Crippen molar-refractivity contribution in [3.8, 4) is 5.75 Å². The van der Waals surface area contributed by atoms with E-state index < -0.39 is 11.6 Å². The largest absolute Gasteiger partial charge is 0.489 e. The number of para-hydroxylation sites is 1. The normalized spacial score (nSPS) is 13.9. The molecule has 0 bridgehead atoms. The van der Waals surface area contributed by atoms with E-state index in [1.54, 1.807) is 4.40 Å². The monoisotopic (exact) mass is 353 g/mol. The first-order valence-electron chi connectivity index (χ1n) is 8.12. The van der Waals surface area contributed by atoms with Crippen LogP contribution >= 0.6 is 0 Å². The van der Waals surface area contributed by atoms with Crippen molar-refractivity contribution < 1.29 is 13.5 Å². The van der Waals surface area contributed by atoms with Crippen molar-refractivity contribution in [1.82, 2.24) is 19.6 Å². The van der Waals surface area contributed by atoms with Crippen LogP contribution in [0.2, 0.25) is 0 Å². The van der Waals surface area contributed by atoms with Gasteiger partial charge in [-0.15, -0.1) is 10.2 Å². The van der Waals surface area contributed by atoms with Gasteiger partial charge in [-0.25, -0.2) is 8.78 Å². The topological polar surface area (TPSA) is 55.5 Å². The molecule has 4 aromatic rings. The molecule has 1 aliphatic rings. The maximum absolute atomic E-state index is 14.8. The maximum atomic E-state index is 14.8. The van der Waals surface area contributed by atoms with Crippen LogP contribution in [0.15, 0.2) is 36.7 Å². The third kappa shape index (κ3) is 1.98. The van der Waals surface area contributed by atoms with E-state index in [4.69, 9.17) is 4.74 Å². The minimum absolute atomic E-state index is 0.0895. The van der Waals surface area contributed by atoms with E-state index >= 15 is 0 Å². The molecule has 0 unspecified atom stereocenters. The van der Waals surface area contributed by atoms with Crippen LogP contribution in [0.4, 0.5) is 20.3 Å². The summed E-state index contributed by atoms with van der Waals surface area (Å²) in [5, 5.41) is 7.91. The summed E-state index contributed by atoms with van der Waals surface area (Å²) in [6.45, 7) is 2.81. The molecule has 26 heavy (non-hydrogen) atoms. The van der Waals surface area contributed by atoms with Crippen molar-refractivity contribution >= 4 is 28.2 Å². The number of ether oxygens (including phenoxy) is 1. The molecule has 0 saturated heterocycles. The van der Waals surface area contributed by atoms with Gasteiger partial charge in [0.1, 0.15) is 24.5 Å². The summed E-state index contributed by atoms with van der Waals surface area (Å²) in [7, 11) is 0.